The third kappa shape index (κ3) is 3.60. The number of hydrogen-bond acceptors (Lipinski definition) is 5. The molecule has 1 N–H and O–H groups in total. The van der Waals surface area contributed by atoms with Gasteiger partial charge in [-0.25, -0.2) is 16.8 Å². The maximum Gasteiger partial charge on any atom is 0.318 e. The summed E-state index contributed by atoms with van der Waals surface area (Å²) >= 11 is 0. The van der Waals surface area contributed by atoms with Gasteiger partial charge in [0.25, 0.3) is 0 Å². The lowest BCUT2D eigenvalue weighted by Crippen LogP contribution is -2.37. The van der Waals surface area contributed by atoms with Gasteiger partial charge in [-0.1, -0.05) is 0 Å². The van der Waals surface area contributed by atoms with Crippen LogP contribution in [0.1, 0.15) is 12.8 Å². The van der Waals surface area contributed by atoms with Crippen LogP contribution in [0.3, 0.4) is 0 Å². The Morgan fingerprint density at radius 1 is 1.14 bits per heavy atom. The molecule has 0 heterocycles. The molecule has 2 rings (SSSR count). The summed E-state index contributed by atoms with van der Waals surface area (Å²) in [6.07, 6.45) is 2.29. The van der Waals surface area contributed by atoms with Gasteiger partial charge in [0, 0.05) is 12.3 Å². The molecule has 0 atom stereocenters. The van der Waals surface area contributed by atoms with Crippen molar-refractivity contribution in [3.63, 3.8) is 0 Å². The van der Waals surface area contributed by atoms with Gasteiger partial charge in [-0.2, -0.15) is 4.31 Å². The number of sulfonamides is 1. The van der Waals surface area contributed by atoms with Gasteiger partial charge in [0.05, 0.1) is 9.79 Å². The number of carbonyl (C=O) groups is 1. The van der Waals surface area contributed by atoms with Gasteiger partial charge in [0.1, 0.15) is 6.54 Å². The summed E-state index contributed by atoms with van der Waals surface area (Å²) in [6.45, 7) is -0.596. The average molecular weight is 333 g/mol. The Morgan fingerprint density at radius 2 is 1.62 bits per heavy atom. The minimum Gasteiger partial charge on any atom is -0.480 e. The first-order valence-electron chi connectivity index (χ1n) is 6.16. The lowest BCUT2D eigenvalue weighted by atomic mass is 10.4. The first-order valence-corrected chi connectivity index (χ1v) is 9.49. The largest absolute Gasteiger partial charge is 0.480 e. The summed E-state index contributed by atoms with van der Waals surface area (Å²) < 4.78 is 48.5. The number of aliphatic carboxylic acids is 1. The minimum absolute atomic E-state index is 0.0117. The van der Waals surface area contributed by atoms with Crippen molar-refractivity contribution in [3.05, 3.63) is 24.3 Å². The average Bonchev–Trinajstić information content (AvgIpc) is 3.19. The molecule has 9 heteroatoms. The van der Waals surface area contributed by atoms with Crippen LogP contribution in [-0.4, -0.2) is 51.1 Å². The van der Waals surface area contributed by atoms with Crippen LogP contribution in [0.4, 0.5) is 0 Å². The Kier molecular flexibility index (Phi) is 4.09. The van der Waals surface area contributed by atoms with Crippen molar-refractivity contribution in [2.75, 3.05) is 12.8 Å². The van der Waals surface area contributed by atoms with Gasteiger partial charge in [-0.15, -0.1) is 0 Å². The third-order valence-electron chi connectivity index (χ3n) is 3.10. The lowest BCUT2D eigenvalue weighted by Gasteiger charge is -2.19. The molecular weight excluding hydrogens is 318 g/mol. The van der Waals surface area contributed by atoms with Crippen molar-refractivity contribution in [1.82, 2.24) is 4.31 Å². The van der Waals surface area contributed by atoms with E-state index in [0.717, 1.165) is 10.6 Å². The van der Waals surface area contributed by atoms with E-state index in [2.05, 4.69) is 0 Å². The summed E-state index contributed by atoms with van der Waals surface area (Å²) in [7, 11) is -7.35. The van der Waals surface area contributed by atoms with Crippen molar-refractivity contribution in [2.24, 2.45) is 0 Å². The lowest BCUT2D eigenvalue weighted by molar-refractivity contribution is -0.137. The van der Waals surface area contributed by atoms with E-state index < -0.39 is 32.4 Å². The van der Waals surface area contributed by atoms with Crippen LogP contribution >= 0.6 is 0 Å². The first kappa shape index (κ1) is 15.9. The number of carboxylic acids is 1. The predicted octanol–water partition coefficient (Wildman–Crippen LogP) is 0.328. The minimum atomic E-state index is -3.94. The van der Waals surface area contributed by atoms with E-state index in [1.807, 2.05) is 0 Å². The zero-order chi connectivity index (χ0) is 15.8. The molecule has 0 saturated heterocycles. The maximum atomic E-state index is 12.4. The number of benzene rings is 1. The Bertz CT molecular complexity index is 747. The van der Waals surface area contributed by atoms with Gasteiger partial charge in [-0.3, -0.25) is 4.79 Å². The standard InChI is InChI=1S/C12H15NO6S2/c1-20(16,17)10-4-6-11(7-5-10)21(18,19)13(8-12(14)15)9-2-3-9/h4-7,9H,2-3,8H2,1H3,(H,14,15). The molecule has 0 aromatic heterocycles. The van der Waals surface area contributed by atoms with Crippen molar-refractivity contribution >= 4 is 25.8 Å². The zero-order valence-electron chi connectivity index (χ0n) is 11.3. The van der Waals surface area contributed by atoms with Gasteiger partial charge < -0.3 is 5.11 Å². The van der Waals surface area contributed by atoms with E-state index in [9.17, 15) is 21.6 Å². The van der Waals surface area contributed by atoms with Crippen LogP contribution in [0.2, 0.25) is 0 Å². The monoisotopic (exact) mass is 333 g/mol. The van der Waals surface area contributed by atoms with E-state index in [4.69, 9.17) is 5.11 Å². The fourth-order valence-electron chi connectivity index (χ4n) is 1.90. The molecule has 0 amide bonds. The van der Waals surface area contributed by atoms with E-state index in [-0.39, 0.29) is 15.8 Å². The second-order valence-electron chi connectivity index (χ2n) is 4.92. The zero-order valence-corrected chi connectivity index (χ0v) is 12.9. The quantitative estimate of drug-likeness (QED) is 0.803. The second-order valence-corrected chi connectivity index (χ2v) is 8.83. The third-order valence-corrected chi connectivity index (χ3v) is 6.14. The molecule has 0 radical (unpaired) electrons. The fourth-order valence-corrected chi connectivity index (χ4v) is 4.17. The maximum absolute atomic E-state index is 12.4. The molecule has 1 aromatic carbocycles. The Hall–Kier alpha value is -1.45. The van der Waals surface area contributed by atoms with Crippen molar-refractivity contribution in [2.45, 2.75) is 28.7 Å². The molecule has 0 spiro atoms. The first-order chi connectivity index (χ1) is 9.62. The molecule has 116 valence electrons. The smallest absolute Gasteiger partial charge is 0.318 e. The van der Waals surface area contributed by atoms with Gasteiger partial charge in [0.2, 0.25) is 10.0 Å². The van der Waals surface area contributed by atoms with E-state index >= 15 is 0 Å². The highest BCUT2D eigenvalue weighted by atomic mass is 32.2. The highest BCUT2D eigenvalue weighted by Crippen LogP contribution is 2.32. The van der Waals surface area contributed by atoms with E-state index in [0.29, 0.717) is 12.8 Å². The summed E-state index contributed by atoms with van der Waals surface area (Å²) in [4.78, 5) is 10.7. The summed E-state index contributed by atoms with van der Waals surface area (Å²) in [5.41, 5.74) is 0. The second kappa shape index (κ2) is 5.39. The number of hydrogen-bond donors (Lipinski definition) is 1. The summed E-state index contributed by atoms with van der Waals surface area (Å²) in [5.74, 6) is -1.22. The van der Waals surface area contributed by atoms with E-state index in [1.165, 1.54) is 24.3 Å². The van der Waals surface area contributed by atoms with Gasteiger partial charge in [-0.05, 0) is 37.1 Å². The molecule has 1 saturated carbocycles. The molecule has 0 bridgehead atoms. The van der Waals surface area contributed by atoms with Crippen molar-refractivity contribution in [1.29, 1.82) is 0 Å². The number of sulfone groups is 1. The van der Waals surface area contributed by atoms with Gasteiger partial charge >= 0.3 is 5.97 Å². The molecule has 0 unspecified atom stereocenters. The molecule has 1 aliphatic rings. The molecule has 21 heavy (non-hydrogen) atoms. The Labute approximate surface area is 123 Å². The molecule has 0 aliphatic heterocycles. The van der Waals surface area contributed by atoms with Crippen LogP contribution in [-0.2, 0) is 24.7 Å². The molecule has 7 nitrogen and oxygen atoms in total. The Balaban J connectivity index is 2.36. The van der Waals surface area contributed by atoms with E-state index in [1.54, 1.807) is 0 Å². The van der Waals surface area contributed by atoms with Crippen LogP contribution in [0, 0.1) is 0 Å². The van der Waals surface area contributed by atoms with Crippen LogP contribution in [0.5, 0.6) is 0 Å². The predicted molar refractivity (Wildman–Crippen MR) is 74.1 cm³/mol. The van der Waals surface area contributed by atoms with Crippen LogP contribution in [0.15, 0.2) is 34.1 Å². The Morgan fingerprint density at radius 3 is 2.00 bits per heavy atom. The van der Waals surface area contributed by atoms with Crippen molar-refractivity contribution in [3.8, 4) is 0 Å². The normalized spacial score (nSPS) is 16.1. The molecule has 1 aliphatic carbocycles. The molecule has 1 fully saturated rings. The number of rotatable bonds is 6. The van der Waals surface area contributed by atoms with Crippen LogP contribution in [0.25, 0.3) is 0 Å². The van der Waals surface area contributed by atoms with Crippen LogP contribution < -0.4 is 0 Å². The highest BCUT2D eigenvalue weighted by molar-refractivity contribution is 7.90. The summed E-state index contributed by atoms with van der Waals surface area (Å²) in [5, 5.41) is 8.84. The SMILES string of the molecule is CS(=O)(=O)c1ccc(S(=O)(=O)N(CC(=O)O)C2CC2)cc1. The topological polar surface area (TPSA) is 109 Å². The number of carboxylic acid groups (broad SMARTS) is 1. The molecule has 1 aromatic rings. The highest BCUT2D eigenvalue weighted by Gasteiger charge is 2.39. The number of nitrogens with zero attached hydrogens (tertiary/aromatic N) is 1. The fraction of sp³-hybridized carbons (Fsp3) is 0.417. The summed E-state index contributed by atoms with van der Waals surface area (Å²) in [6, 6.07) is 4.48. The van der Waals surface area contributed by atoms with Crippen molar-refractivity contribution < 1.29 is 26.7 Å². The van der Waals surface area contributed by atoms with Gasteiger partial charge in [0.15, 0.2) is 9.84 Å². The molecular formula is C12H15NO6S2.